The third kappa shape index (κ3) is 9.21. The molecular weight excluding hydrogens is 997 g/mol. The smallest absolute Gasteiger partial charge is 0.329 e. The van der Waals surface area contributed by atoms with Crippen LogP contribution in [0.15, 0.2) is 182 Å². The number of anilines is 3. The number of benzene rings is 7. The van der Waals surface area contributed by atoms with E-state index in [1.54, 1.807) is 47.1 Å². The van der Waals surface area contributed by atoms with E-state index in [1.807, 2.05) is 151 Å². The number of morpholine rings is 2. The summed E-state index contributed by atoms with van der Waals surface area (Å²) in [6.07, 6.45) is -0.959. The minimum atomic E-state index is -2.12. The Morgan fingerprint density at radius 3 is 2.23 bits per heavy atom. The highest BCUT2D eigenvalue weighted by molar-refractivity contribution is 6.25. The number of urea groups is 1. The molecule has 16 nitrogen and oxygen atoms in total. The second kappa shape index (κ2) is 21.7. The molecule has 7 aromatic carbocycles. The second-order valence-corrected chi connectivity index (χ2v) is 20.0. The maximum atomic E-state index is 17.0. The number of fused-ring (bicyclic) bond motifs is 4. The Bertz CT molecular complexity index is 3620. The lowest BCUT2D eigenvalue weighted by atomic mass is 9.65. The first-order valence-electron chi connectivity index (χ1n) is 26.5. The molecule has 4 aliphatic heterocycles. The second-order valence-electron chi connectivity index (χ2n) is 20.0. The minimum Gasteiger partial charge on any atom is -0.491 e. The zero-order chi connectivity index (χ0) is 54.0. The number of carbonyl (C=O) groups excluding carboxylic acids is 4. The van der Waals surface area contributed by atoms with Gasteiger partial charge in [0, 0.05) is 35.6 Å². The molecule has 1 spiro atoms. The topological polar surface area (TPSA) is 181 Å². The lowest BCUT2D eigenvalue weighted by Gasteiger charge is -2.46. The maximum absolute atomic E-state index is 17.0. The summed E-state index contributed by atoms with van der Waals surface area (Å²) in [6.45, 7) is 4.13. The van der Waals surface area contributed by atoms with Crippen molar-refractivity contribution in [3.05, 3.63) is 215 Å². The van der Waals surface area contributed by atoms with Gasteiger partial charge in [-0.05, 0) is 89.8 Å². The summed E-state index contributed by atoms with van der Waals surface area (Å²) in [4.78, 5) is 69.8. The first-order chi connectivity index (χ1) is 38.7. The van der Waals surface area contributed by atoms with E-state index in [4.69, 9.17) is 14.2 Å². The number of nitrogens with one attached hydrogen (secondary N) is 2. The van der Waals surface area contributed by atoms with Gasteiger partial charge in [-0.1, -0.05) is 138 Å². The van der Waals surface area contributed by atoms with Crippen LogP contribution in [0.2, 0.25) is 0 Å². The van der Waals surface area contributed by atoms with Gasteiger partial charge in [0.1, 0.15) is 42.0 Å². The van der Waals surface area contributed by atoms with Gasteiger partial charge in [0.15, 0.2) is 0 Å². The molecule has 4 aliphatic rings. The predicted molar refractivity (Wildman–Crippen MR) is 297 cm³/mol. The fourth-order valence-electron chi connectivity index (χ4n) is 12.1. The number of carbonyl (C=O) groups is 4. The van der Waals surface area contributed by atoms with Crippen LogP contribution in [0.3, 0.4) is 0 Å². The molecule has 396 valence electrons. The van der Waals surface area contributed by atoms with Crippen molar-refractivity contribution in [1.29, 1.82) is 0 Å². The SMILES string of the molecule is CC(NC(=O)N1C(=O)C2(c3cc(C#CCn4nnc5ccccc54)ccc31)C(C(=O)Nc1ccc(N3CCOCC3)cc1)C1C(=O)OC(c3ccccc3)C(c3ccccc3)N1C2c1ccccc1OCCO)c1ccccc1. The number of hydrogen-bond acceptors (Lipinski definition) is 12. The Kier molecular flexibility index (Phi) is 13.9. The molecular formula is C63H56N8O8. The van der Waals surface area contributed by atoms with E-state index in [0.29, 0.717) is 59.9 Å². The van der Waals surface area contributed by atoms with Crippen molar-refractivity contribution in [3.8, 4) is 17.6 Å². The summed E-state index contributed by atoms with van der Waals surface area (Å²) in [6, 6.07) is 50.9. The molecule has 3 saturated heterocycles. The number of rotatable bonds is 12. The van der Waals surface area contributed by atoms with Crippen LogP contribution in [0, 0.1) is 17.8 Å². The van der Waals surface area contributed by atoms with Gasteiger partial charge < -0.3 is 34.9 Å². The van der Waals surface area contributed by atoms with Crippen LogP contribution in [-0.4, -0.2) is 94.4 Å². The molecule has 7 atom stereocenters. The summed E-state index contributed by atoms with van der Waals surface area (Å²) in [7, 11) is 0. The molecule has 8 aromatic rings. The van der Waals surface area contributed by atoms with Crippen molar-refractivity contribution >= 4 is 51.9 Å². The predicted octanol–water partition coefficient (Wildman–Crippen LogP) is 8.47. The Morgan fingerprint density at radius 1 is 0.797 bits per heavy atom. The van der Waals surface area contributed by atoms with E-state index >= 15 is 19.2 Å². The van der Waals surface area contributed by atoms with Crippen LogP contribution in [0.5, 0.6) is 5.75 Å². The molecule has 3 fully saturated rings. The number of amides is 4. The average molecular weight is 1050 g/mol. The number of cyclic esters (lactones) is 1. The first-order valence-corrected chi connectivity index (χ1v) is 26.5. The van der Waals surface area contributed by atoms with Crippen molar-refractivity contribution in [2.24, 2.45) is 5.92 Å². The number of aliphatic hydroxyl groups is 1. The molecule has 5 heterocycles. The third-order valence-corrected chi connectivity index (χ3v) is 15.5. The number of ether oxygens (including phenoxy) is 3. The zero-order valence-electron chi connectivity index (χ0n) is 43.2. The highest BCUT2D eigenvalue weighted by atomic mass is 16.6. The molecule has 1 aromatic heterocycles. The number of aliphatic hydroxyl groups excluding tert-OH is 1. The number of imide groups is 1. The van der Waals surface area contributed by atoms with Crippen LogP contribution in [0.25, 0.3) is 11.0 Å². The van der Waals surface area contributed by atoms with Gasteiger partial charge in [-0.2, -0.15) is 0 Å². The zero-order valence-corrected chi connectivity index (χ0v) is 43.2. The van der Waals surface area contributed by atoms with Gasteiger partial charge in [0.05, 0.1) is 55.1 Å². The highest BCUT2D eigenvalue weighted by Gasteiger charge is 2.76. The number of para-hydroxylation sites is 2. The summed E-state index contributed by atoms with van der Waals surface area (Å²) < 4.78 is 20.4. The van der Waals surface area contributed by atoms with Crippen molar-refractivity contribution in [1.82, 2.24) is 25.2 Å². The normalized spacial score (nSPS) is 21.9. The number of nitrogens with zero attached hydrogens (tertiary/aromatic N) is 6. The lowest BCUT2D eigenvalue weighted by Crippen LogP contribution is -2.55. The Labute approximate surface area is 456 Å². The molecule has 0 bridgehead atoms. The fourth-order valence-corrected chi connectivity index (χ4v) is 12.1. The van der Waals surface area contributed by atoms with Crippen LogP contribution in [0.1, 0.15) is 64.5 Å². The average Bonchev–Trinajstić information content (AvgIpc) is 2.22. The van der Waals surface area contributed by atoms with Gasteiger partial charge in [0.25, 0.3) is 0 Å². The van der Waals surface area contributed by atoms with E-state index in [1.165, 1.54) is 0 Å². The van der Waals surface area contributed by atoms with Gasteiger partial charge in [-0.15, -0.1) is 5.10 Å². The Morgan fingerprint density at radius 2 is 1.48 bits per heavy atom. The number of esters is 1. The third-order valence-electron chi connectivity index (χ3n) is 15.5. The quantitative estimate of drug-likeness (QED) is 0.0786. The monoisotopic (exact) mass is 1050 g/mol. The molecule has 4 amide bonds. The van der Waals surface area contributed by atoms with Crippen molar-refractivity contribution < 1.29 is 38.5 Å². The van der Waals surface area contributed by atoms with Crippen LogP contribution >= 0.6 is 0 Å². The van der Waals surface area contributed by atoms with Gasteiger partial charge in [-0.3, -0.25) is 19.3 Å². The van der Waals surface area contributed by atoms with Crippen LogP contribution in [0.4, 0.5) is 21.9 Å². The van der Waals surface area contributed by atoms with Crippen molar-refractivity contribution in [2.45, 2.75) is 49.2 Å². The van der Waals surface area contributed by atoms with E-state index < -0.39 is 65.4 Å². The minimum absolute atomic E-state index is 0.113. The summed E-state index contributed by atoms with van der Waals surface area (Å²) >= 11 is 0. The molecule has 12 rings (SSSR count). The lowest BCUT2D eigenvalue weighted by molar-refractivity contribution is -0.177. The first kappa shape index (κ1) is 50.7. The standard InChI is InChI=1S/C63H56N8O8/c1-41(43-17-5-2-6-18-43)64-62(76)70-51-32-27-42(16-15-33-69-52-25-13-12-24-50(52)66-67-69)40-49(51)63(61(70)75)54(59(73)65-46-28-30-47(31-29-46)68-34-37-77-38-35-68)56-60(74)79-57(45-21-9-4-10-22-45)55(44-19-7-3-8-20-44)71(56)58(63)48-23-11-14-26-53(48)78-39-36-72/h2-14,17-32,40-41,54-58,72H,33-39H2,1H3,(H,64,76)(H,65,73). The van der Waals surface area contributed by atoms with Crippen LogP contribution in [-0.2, 0) is 35.8 Å². The molecule has 0 saturated carbocycles. The Hall–Kier alpha value is -9.14. The van der Waals surface area contributed by atoms with E-state index in [2.05, 4.69) is 37.7 Å². The maximum Gasteiger partial charge on any atom is 0.329 e. The molecule has 7 unspecified atom stereocenters. The number of aromatic nitrogens is 3. The summed E-state index contributed by atoms with van der Waals surface area (Å²) in [5, 5.41) is 25.2. The van der Waals surface area contributed by atoms with Crippen LogP contribution < -0.4 is 25.2 Å². The summed E-state index contributed by atoms with van der Waals surface area (Å²) in [5.74, 6) is 3.09. The molecule has 79 heavy (non-hydrogen) atoms. The van der Waals surface area contributed by atoms with Gasteiger partial charge in [0.2, 0.25) is 11.8 Å². The van der Waals surface area contributed by atoms with E-state index in [0.717, 1.165) is 27.2 Å². The highest BCUT2D eigenvalue weighted by Crippen LogP contribution is 2.67. The van der Waals surface area contributed by atoms with E-state index in [-0.39, 0.29) is 31.0 Å². The summed E-state index contributed by atoms with van der Waals surface area (Å²) in [5.41, 5.74) is 4.35. The fraction of sp³-hybridized carbons (Fsp3) is 0.238. The van der Waals surface area contributed by atoms with Crippen molar-refractivity contribution in [2.75, 3.05) is 54.6 Å². The number of hydrogen-bond donors (Lipinski definition) is 3. The van der Waals surface area contributed by atoms with E-state index in [9.17, 15) is 5.11 Å². The molecule has 16 heteroatoms. The molecule has 0 aliphatic carbocycles. The van der Waals surface area contributed by atoms with Crippen molar-refractivity contribution in [3.63, 3.8) is 0 Å². The largest absolute Gasteiger partial charge is 0.491 e. The Balaban J connectivity index is 1.10. The molecule has 3 N–H and O–H groups in total. The van der Waals surface area contributed by atoms with Gasteiger partial charge >= 0.3 is 12.0 Å². The molecule has 0 radical (unpaired) electrons. The van der Waals surface area contributed by atoms with Gasteiger partial charge in [-0.25, -0.2) is 14.4 Å².